The van der Waals surface area contributed by atoms with E-state index in [-0.39, 0.29) is 17.6 Å². The molecule has 1 amide bonds. The summed E-state index contributed by atoms with van der Waals surface area (Å²) in [7, 11) is 0. The van der Waals surface area contributed by atoms with E-state index in [0.29, 0.717) is 6.54 Å². The number of Topliss-reactive ketones (excluding diaryl/α,β-unsaturated/α-hetero) is 1. The van der Waals surface area contributed by atoms with Crippen molar-refractivity contribution in [3.8, 4) is 0 Å². The third kappa shape index (κ3) is 3.06. The number of aryl methyl sites for hydroxylation is 1. The second-order valence-corrected chi connectivity index (χ2v) is 7.83. The predicted molar refractivity (Wildman–Crippen MR) is 106 cm³/mol. The summed E-state index contributed by atoms with van der Waals surface area (Å²) in [5, 5.41) is 4.03. The highest BCUT2D eigenvalue weighted by Crippen LogP contribution is 2.27. The molecule has 0 N–H and O–H groups in total. The van der Waals surface area contributed by atoms with Crippen LogP contribution in [0.5, 0.6) is 0 Å². The molecule has 3 nitrogen and oxygen atoms in total. The summed E-state index contributed by atoms with van der Waals surface area (Å²) in [5.41, 5.74) is 1.79. The van der Waals surface area contributed by atoms with E-state index in [1.165, 1.54) is 11.3 Å². The Morgan fingerprint density at radius 2 is 1.88 bits per heavy atom. The highest BCUT2D eigenvalue weighted by atomic mass is 32.1. The first-order chi connectivity index (χ1) is 12.6. The Morgan fingerprint density at radius 3 is 2.69 bits per heavy atom. The minimum Gasteiger partial charge on any atom is -0.337 e. The minimum absolute atomic E-state index is 0.0629. The van der Waals surface area contributed by atoms with Gasteiger partial charge in [0, 0.05) is 24.6 Å². The van der Waals surface area contributed by atoms with Gasteiger partial charge in [-0.05, 0) is 47.5 Å². The molecule has 0 saturated carbocycles. The molecule has 26 heavy (non-hydrogen) atoms. The van der Waals surface area contributed by atoms with E-state index >= 15 is 0 Å². The molecule has 132 valence electrons. The van der Waals surface area contributed by atoms with Gasteiger partial charge in [-0.2, -0.15) is 0 Å². The van der Waals surface area contributed by atoms with Gasteiger partial charge in [-0.1, -0.05) is 42.5 Å². The van der Waals surface area contributed by atoms with Crippen LogP contribution in [0.25, 0.3) is 10.8 Å². The van der Waals surface area contributed by atoms with Crippen LogP contribution in [-0.2, 0) is 0 Å². The molecule has 0 bridgehead atoms. The van der Waals surface area contributed by atoms with Crippen LogP contribution in [0.2, 0.25) is 0 Å². The van der Waals surface area contributed by atoms with Crippen molar-refractivity contribution in [3.63, 3.8) is 0 Å². The average Bonchev–Trinajstić information content (AvgIpc) is 3.12. The van der Waals surface area contributed by atoms with Gasteiger partial charge in [-0.25, -0.2) is 0 Å². The number of nitrogens with zero attached hydrogens (tertiary/aromatic N) is 1. The normalized spacial score (nSPS) is 17.4. The van der Waals surface area contributed by atoms with E-state index in [9.17, 15) is 9.59 Å². The van der Waals surface area contributed by atoms with Gasteiger partial charge in [0.25, 0.3) is 5.91 Å². The Hall–Kier alpha value is -2.46. The second-order valence-electron chi connectivity index (χ2n) is 6.91. The lowest BCUT2D eigenvalue weighted by Crippen LogP contribution is -2.42. The number of hydrogen-bond donors (Lipinski definition) is 0. The van der Waals surface area contributed by atoms with Crippen LogP contribution in [0.15, 0.2) is 53.9 Å². The van der Waals surface area contributed by atoms with Gasteiger partial charge < -0.3 is 4.90 Å². The van der Waals surface area contributed by atoms with Crippen LogP contribution in [0, 0.1) is 12.8 Å². The molecule has 1 aliphatic rings. The summed E-state index contributed by atoms with van der Waals surface area (Å²) >= 11 is 1.48. The van der Waals surface area contributed by atoms with E-state index < -0.39 is 0 Å². The van der Waals surface area contributed by atoms with Gasteiger partial charge in [0.05, 0.1) is 4.88 Å². The van der Waals surface area contributed by atoms with Crippen LogP contribution >= 0.6 is 11.3 Å². The summed E-state index contributed by atoms with van der Waals surface area (Å²) in [6, 6.07) is 15.8. The van der Waals surface area contributed by atoms with Crippen molar-refractivity contribution >= 4 is 33.8 Å². The van der Waals surface area contributed by atoms with E-state index in [0.717, 1.165) is 46.2 Å². The number of carbonyl (C=O) groups is 2. The molecule has 4 heteroatoms. The summed E-state index contributed by atoms with van der Waals surface area (Å²) in [5.74, 6) is 0.0916. The Bertz CT molecular complexity index is 970. The Morgan fingerprint density at radius 1 is 1.08 bits per heavy atom. The number of ketones is 1. The molecule has 2 aromatic carbocycles. The number of rotatable bonds is 3. The van der Waals surface area contributed by atoms with Gasteiger partial charge in [-0.15, -0.1) is 11.3 Å². The third-order valence-corrected chi connectivity index (χ3v) is 6.20. The Balaban J connectivity index is 1.58. The molecule has 4 rings (SSSR count). The summed E-state index contributed by atoms with van der Waals surface area (Å²) < 4.78 is 0. The molecule has 1 aliphatic heterocycles. The molecule has 1 unspecified atom stereocenters. The molecule has 0 radical (unpaired) electrons. The number of fused-ring (bicyclic) bond motifs is 1. The van der Waals surface area contributed by atoms with E-state index in [4.69, 9.17) is 0 Å². The fraction of sp³-hybridized carbons (Fsp3) is 0.273. The minimum atomic E-state index is -0.126. The zero-order valence-electron chi connectivity index (χ0n) is 14.8. The van der Waals surface area contributed by atoms with Crippen molar-refractivity contribution in [1.29, 1.82) is 0 Å². The van der Waals surface area contributed by atoms with Crippen LogP contribution < -0.4 is 0 Å². The van der Waals surface area contributed by atoms with Crippen molar-refractivity contribution in [3.05, 3.63) is 69.9 Å². The van der Waals surface area contributed by atoms with Gasteiger partial charge in [-0.3, -0.25) is 9.59 Å². The molecule has 1 fully saturated rings. The van der Waals surface area contributed by atoms with Crippen LogP contribution in [0.4, 0.5) is 0 Å². The Kier molecular flexibility index (Phi) is 4.60. The standard InChI is InChI=1S/C22H21NO2S/c1-15-11-13-26-21(15)22(25)23-12-5-8-17(14-23)20(24)19-10-4-7-16-6-2-3-9-18(16)19/h2-4,6-7,9-11,13,17H,5,8,12,14H2,1H3. The summed E-state index contributed by atoms with van der Waals surface area (Å²) in [6.07, 6.45) is 1.71. The topological polar surface area (TPSA) is 37.4 Å². The third-order valence-electron chi connectivity index (χ3n) is 5.19. The van der Waals surface area contributed by atoms with Crippen LogP contribution in [0.3, 0.4) is 0 Å². The largest absolute Gasteiger partial charge is 0.337 e. The van der Waals surface area contributed by atoms with E-state index in [1.54, 1.807) is 0 Å². The zero-order chi connectivity index (χ0) is 18.1. The van der Waals surface area contributed by atoms with E-state index in [1.807, 2.05) is 65.7 Å². The molecule has 1 saturated heterocycles. The average molecular weight is 363 g/mol. The van der Waals surface area contributed by atoms with E-state index in [2.05, 4.69) is 0 Å². The number of hydrogen-bond acceptors (Lipinski definition) is 3. The van der Waals surface area contributed by atoms with Crippen molar-refractivity contribution < 1.29 is 9.59 Å². The molecule has 1 aromatic heterocycles. The molecule has 3 aromatic rings. The number of benzene rings is 2. The second kappa shape index (κ2) is 7.04. The summed E-state index contributed by atoms with van der Waals surface area (Å²) in [4.78, 5) is 28.7. The molecule has 1 atom stereocenters. The maximum Gasteiger partial charge on any atom is 0.264 e. The number of carbonyl (C=O) groups excluding carboxylic acids is 2. The smallest absolute Gasteiger partial charge is 0.264 e. The first-order valence-corrected chi connectivity index (χ1v) is 9.88. The van der Waals surface area contributed by atoms with Gasteiger partial charge in [0.15, 0.2) is 5.78 Å². The van der Waals surface area contributed by atoms with Crippen molar-refractivity contribution in [2.75, 3.05) is 13.1 Å². The molecule has 0 aliphatic carbocycles. The van der Waals surface area contributed by atoms with Crippen molar-refractivity contribution in [2.24, 2.45) is 5.92 Å². The van der Waals surface area contributed by atoms with Gasteiger partial charge in [0.1, 0.15) is 0 Å². The number of thiophene rings is 1. The number of piperidine rings is 1. The number of likely N-dealkylation sites (tertiary alicyclic amines) is 1. The molecular formula is C22H21NO2S. The van der Waals surface area contributed by atoms with Crippen LogP contribution in [0.1, 0.15) is 38.4 Å². The Labute approximate surface area is 157 Å². The number of amides is 1. The molecule has 2 heterocycles. The first-order valence-electron chi connectivity index (χ1n) is 9.00. The predicted octanol–water partition coefficient (Wildman–Crippen LogP) is 4.94. The van der Waals surface area contributed by atoms with Crippen molar-refractivity contribution in [1.82, 2.24) is 4.90 Å². The highest BCUT2D eigenvalue weighted by Gasteiger charge is 2.30. The molecular weight excluding hydrogens is 342 g/mol. The summed E-state index contributed by atoms with van der Waals surface area (Å²) in [6.45, 7) is 3.21. The zero-order valence-corrected chi connectivity index (χ0v) is 15.6. The molecule has 0 spiro atoms. The fourth-order valence-corrected chi connectivity index (χ4v) is 4.66. The highest BCUT2D eigenvalue weighted by molar-refractivity contribution is 7.12. The monoisotopic (exact) mass is 363 g/mol. The SMILES string of the molecule is Cc1ccsc1C(=O)N1CCCC(C(=O)c2cccc3ccccc23)C1. The first kappa shape index (κ1) is 17.0. The van der Waals surface area contributed by atoms with Crippen molar-refractivity contribution in [2.45, 2.75) is 19.8 Å². The maximum atomic E-state index is 13.2. The lowest BCUT2D eigenvalue weighted by atomic mass is 9.88. The quantitative estimate of drug-likeness (QED) is 0.618. The fourth-order valence-electron chi connectivity index (χ4n) is 3.77. The maximum absolute atomic E-state index is 13.2. The lowest BCUT2D eigenvalue weighted by molar-refractivity contribution is 0.0641. The van der Waals surface area contributed by atoms with Gasteiger partial charge >= 0.3 is 0 Å². The lowest BCUT2D eigenvalue weighted by Gasteiger charge is -2.32. The van der Waals surface area contributed by atoms with Gasteiger partial charge in [0.2, 0.25) is 0 Å². The van der Waals surface area contributed by atoms with Crippen LogP contribution in [-0.4, -0.2) is 29.7 Å².